The summed E-state index contributed by atoms with van der Waals surface area (Å²) in [6.45, 7) is 3.81. The fraction of sp³-hybridized carbons (Fsp3) is 0.586. The molecule has 2 N–H and O–H groups in total. The van der Waals surface area contributed by atoms with Gasteiger partial charge in [-0.15, -0.1) is 0 Å². The first-order valence-electron chi connectivity index (χ1n) is 13.9. The third-order valence-electron chi connectivity index (χ3n) is 7.41. The van der Waals surface area contributed by atoms with Crippen LogP contribution in [0.25, 0.3) is 0 Å². The fourth-order valence-electron chi connectivity index (χ4n) is 4.73. The van der Waals surface area contributed by atoms with Crippen molar-refractivity contribution in [2.45, 2.75) is 77.2 Å². The molecule has 1 aromatic rings. The third-order valence-corrected chi connectivity index (χ3v) is 7.41. The number of carbonyl (C=O) groups excluding carboxylic acids is 6. The zero-order valence-electron chi connectivity index (χ0n) is 23.2. The molecule has 0 bridgehead atoms. The van der Waals surface area contributed by atoms with Crippen molar-refractivity contribution in [1.29, 1.82) is 0 Å². The Morgan fingerprint density at radius 2 is 1.74 bits per heavy atom. The van der Waals surface area contributed by atoms with Crippen molar-refractivity contribution >= 4 is 42.4 Å². The molecule has 1 aliphatic heterocycles. The molecule has 10 heteroatoms. The van der Waals surface area contributed by atoms with Crippen molar-refractivity contribution in [2.75, 3.05) is 31.6 Å². The molecule has 0 saturated carbocycles. The van der Waals surface area contributed by atoms with E-state index >= 15 is 0 Å². The Hall–Kier alpha value is -3.56. The zero-order valence-corrected chi connectivity index (χ0v) is 23.2. The number of carbonyl (C=O) groups is 6. The van der Waals surface area contributed by atoms with Gasteiger partial charge in [0.25, 0.3) is 5.91 Å². The fourth-order valence-corrected chi connectivity index (χ4v) is 4.73. The highest BCUT2D eigenvalue weighted by Gasteiger charge is 2.26. The van der Waals surface area contributed by atoms with Gasteiger partial charge in [0.15, 0.2) is 6.29 Å². The van der Waals surface area contributed by atoms with Crippen molar-refractivity contribution < 1.29 is 28.8 Å². The molecule has 1 atom stereocenters. The van der Waals surface area contributed by atoms with E-state index in [1.54, 1.807) is 19.2 Å². The van der Waals surface area contributed by atoms with E-state index in [-0.39, 0.29) is 30.2 Å². The van der Waals surface area contributed by atoms with Crippen LogP contribution >= 0.6 is 0 Å². The summed E-state index contributed by atoms with van der Waals surface area (Å²) >= 11 is 0. The molecule has 4 amide bonds. The number of amides is 4. The second-order valence-electron chi connectivity index (χ2n) is 10.2. The topological polar surface area (TPSA) is 133 Å². The van der Waals surface area contributed by atoms with Crippen molar-refractivity contribution in [3.8, 4) is 0 Å². The quantitative estimate of drug-likeness (QED) is 0.228. The van der Waals surface area contributed by atoms with E-state index in [1.165, 1.54) is 4.90 Å². The van der Waals surface area contributed by atoms with Crippen molar-refractivity contribution in [1.82, 2.24) is 15.5 Å². The van der Waals surface area contributed by atoms with Crippen LogP contribution in [0.5, 0.6) is 0 Å². The van der Waals surface area contributed by atoms with Gasteiger partial charge in [0, 0.05) is 62.7 Å². The number of hydrogen-bond acceptors (Lipinski definition) is 7. The van der Waals surface area contributed by atoms with Crippen LogP contribution in [0.1, 0.15) is 91.8 Å². The predicted octanol–water partition coefficient (Wildman–Crippen LogP) is 2.88. The van der Waals surface area contributed by atoms with E-state index in [1.807, 2.05) is 13.0 Å². The van der Waals surface area contributed by atoms with Crippen molar-refractivity contribution in [2.24, 2.45) is 5.92 Å². The standard InChI is InChI=1S/C29H42N4O6/c1-22(9-12-27(37)31-21-36)32(2)29(39)26-19-25(11-10-24(26)20-35)33-16-13-23(14-17-33)28(38)30-15-7-5-3-4-6-8-18-34/h10-11,18-23H,3-9,12-17H2,1-2H3,(H,30,38)(H,31,36,37). The van der Waals surface area contributed by atoms with Crippen LogP contribution in [-0.4, -0.2) is 74.3 Å². The summed E-state index contributed by atoms with van der Waals surface area (Å²) in [5.41, 5.74) is 1.41. The minimum absolute atomic E-state index is 0.0485. The normalized spacial score (nSPS) is 14.3. The molecule has 1 saturated heterocycles. The molecule has 1 aliphatic rings. The molecule has 2 rings (SSSR count). The number of hydrogen-bond donors (Lipinski definition) is 2. The van der Waals surface area contributed by atoms with E-state index in [9.17, 15) is 28.8 Å². The highest BCUT2D eigenvalue weighted by atomic mass is 16.2. The van der Waals surface area contributed by atoms with Gasteiger partial charge in [-0.2, -0.15) is 0 Å². The molecule has 0 aliphatic carbocycles. The van der Waals surface area contributed by atoms with Gasteiger partial charge in [0.05, 0.1) is 5.56 Å². The number of benzene rings is 1. The van der Waals surface area contributed by atoms with Gasteiger partial charge < -0.3 is 19.9 Å². The molecular formula is C29H42N4O6. The van der Waals surface area contributed by atoms with Crippen molar-refractivity contribution in [3.05, 3.63) is 29.3 Å². The van der Waals surface area contributed by atoms with Gasteiger partial charge in [-0.3, -0.25) is 29.3 Å². The Bertz CT molecular complexity index is 990. The Balaban J connectivity index is 1.88. The van der Waals surface area contributed by atoms with Crippen LogP contribution in [0.4, 0.5) is 5.69 Å². The Kier molecular flexibility index (Phi) is 13.9. The first-order chi connectivity index (χ1) is 18.8. The third kappa shape index (κ3) is 10.3. The molecule has 1 aromatic carbocycles. The van der Waals surface area contributed by atoms with Gasteiger partial charge in [-0.25, -0.2) is 0 Å². The zero-order chi connectivity index (χ0) is 28.6. The van der Waals surface area contributed by atoms with Crippen LogP contribution < -0.4 is 15.5 Å². The number of nitrogens with one attached hydrogen (secondary N) is 2. The number of nitrogens with zero attached hydrogens (tertiary/aromatic N) is 2. The average Bonchev–Trinajstić information content (AvgIpc) is 2.96. The summed E-state index contributed by atoms with van der Waals surface area (Å²) in [6.07, 6.45) is 9.47. The first-order valence-corrected chi connectivity index (χ1v) is 13.9. The number of unbranched alkanes of at least 4 members (excludes halogenated alkanes) is 5. The molecule has 214 valence electrons. The number of anilines is 1. The smallest absolute Gasteiger partial charge is 0.254 e. The maximum absolute atomic E-state index is 13.3. The summed E-state index contributed by atoms with van der Waals surface area (Å²) in [6, 6.07) is 4.91. The maximum Gasteiger partial charge on any atom is 0.254 e. The lowest BCUT2D eigenvalue weighted by atomic mass is 9.95. The van der Waals surface area contributed by atoms with Crippen LogP contribution in [0.2, 0.25) is 0 Å². The summed E-state index contributed by atoms with van der Waals surface area (Å²) in [7, 11) is 1.63. The Labute approximate surface area is 230 Å². The van der Waals surface area contributed by atoms with Gasteiger partial charge in [-0.05, 0) is 57.2 Å². The second-order valence-corrected chi connectivity index (χ2v) is 10.2. The minimum atomic E-state index is -0.409. The monoisotopic (exact) mass is 542 g/mol. The van der Waals surface area contributed by atoms with Crippen LogP contribution in [0.15, 0.2) is 18.2 Å². The number of aldehydes is 2. The van der Waals surface area contributed by atoms with Crippen LogP contribution in [-0.2, 0) is 19.2 Å². The van der Waals surface area contributed by atoms with Crippen LogP contribution in [0, 0.1) is 5.92 Å². The number of rotatable bonds is 17. The largest absolute Gasteiger partial charge is 0.371 e. The molecule has 1 heterocycles. The molecule has 0 spiro atoms. The molecule has 39 heavy (non-hydrogen) atoms. The lowest BCUT2D eigenvalue weighted by molar-refractivity contribution is -0.126. The molecule has 0 radical (unpaired) electrons. The molecule has 0 aromatic heterocycles. The van der Waals surface area contributed by atoms with Crippen LogP contribution in [0.3, 0.4) is 0 Å². The van der Waals surface area contributed by atoms with E-state index in [4.69, 9.17) is 0 Å². The molecule has 10 nitrogen and oxygen atoms in total. The first kappa shape index (κ1) is 31.7. The predicted molar refractivity (Wildman–Crippen MR) is 149 cm³/mol. The SMILES string of the molecule is CC(CCC(=O)NC=O)N(C)C(=O)c1cc(N2CCC(C(=O)NCCCCCCCC=O)CC2)ccc1C=O. The lowest BCUT2D eigenvalue weighted by Crippen LogP contribution is -2.41. The van der Waals surface area contributed by atoms with Gasteiger partial charge in [-0.1, -0.05) is 19.3 Å². The number of imide groups is 1. The maximum atomic E-state index is 13.3. The average molecular weight is 543 g/mol. The summed E-state index contributed by atoms with van der Waals surface area (Å²) in [5.74, 6) is -0.694. The van der Waals surface area contributed by atoms with E-state index in [2.05, 4.69) is 15.5 Å². The molecular weight excluding hydrogens is 500 g/mol. The highest BCUT2D eigenvalue weighted by molar-refractivity contribution is 6.02. The summed E-state index contributed by atoms with van der Waals surface area (Å²) in [5, 5.41) is 5.14. The van der Waals surface area contributed by atoms with Gasteiger partial charge in [0.1, 0.15) is 6.29 Å². The number of piperidine rings is 1. The van der Waals surface area contributed by atoms with Gasteiger partial charge in [0.2, 0.25) is 18.2 Å². The molecule has 1 unspecified atom stereocenters. The van der Waals surface area contributed by atoms with Crippen molar-refractivity contribution in [3.63, 3.8) is 0 Å². The summed E-state index contributed by atoms with van der Waals surface area (Å²) < 4.78 is 0. The van der Waals surface area contributed by atoms with E-state index in [0.717, 1.165) is 44.1 Å². The van der Waals surface area contributed by atoms with E-state index < -0.39 is 5.91 Å². The Morgan fingerprint density at radius 3 is 2.41 bits per heavy atom. The highest BCUT2D eigenvalue weighted by Crippen LogP contribution is 2.26. The minimum Gasteiger partial charge on any atom is -0.371 e. The Morgan fingerprint density at radius 1 is 1.05 bits per heavy atom. The lowest BCUT2D eigenvalue weighted by Gasteiger charge is -2.33. The summed E-state index contributed by atoms with van der Waals surface area (Å²) in [4.78, 5) is 73.5. The molecule has 1 fully saturated rings. The van der Waals surface area contributed by atoms with Gasteiger partial charge >= 0.3 is 0 Å². The van der Waals surface area contributed by atoms with E-state index in [0.29, 0.717) is 69.1 Å². The second kappa shape index (κ2) is 17.1.